The molecule has 0 aliphatic rings. The predicted octanol–water partition coefficient (Wildman–Crippen LogP) is 5.51. The first-order valence-corrected chi connectivity index (χ1v) is 10.4. The summed E-state index contributed by atoms with van der Waals surface area (Å²) in [6, 6.07) is 12.3. The molecule has 0 spiro atoms. The monoisotopic (exact) mass is 422 g/mol. The number of allylic oxidation sites excluding steroid dienone is 1. The average molecular weight is 423 g/mol. The van der Waals surface area contributed by atoms with Crippen LogP contribution < -0.4 is 11.1 Å². The summed E-state index contributed by atoms with van der Waals surface area (Å²) in [5.41, 5.74) is 10.4. The summed E-state index contributed by atoms with van der Waals surface area (Å²) in [7, 11) is 1.83. The highest BCUT2D eigenvalue weighted by Crippen LogP contribution is 2.22. The number of rotatable bonds is 7. The van der Waals surface area contributed by atoms with E-state index in [2.05, 4.69) is 18.8 Å². The van der Waals surface area contributed by atoms with Crippen molar-refractivity contribution < 1.29 is 4.39 Å². The second-order valence-electron chi connectivity index (χ2n) is 6.60. The first-order chi connectivity index (χ1) is 14.9. The highest BCUT2D eigenvalue weighted by atomic mass is 19.1. The Labute approximate surface area is 186 Å². The predicted molar refractivity (Wildman–Crippen MR) is 132 cm³/mol. The lowest BCUT2D eigenvalue weighted by molar-refractivity contribution is 0.628. The molecular weight excluding hydrogens is 387 g/mol. The van der Waals surface area contributed by atoms with Crippen molar-refractivity contribution in [3.05, 3.63) is 82.7 Å². The van der Waals surface area contributed by atoms with Gasteiger partial charge in [0.2, 0.25) is 0 Å². The summed E-state index contributed by atoms with van der Waals surface area (Å²) in [5, 5.41) is 19.1. The van der Waals surface area contributed by atoms with E-state index in [0.29, 0.717) is 12.1 Å². The second-order valence-corrected chi connectivity index (χ2v) is 6.60. The minimum atomic E-state index is -0.255. The highest BCUT2D eigenvalue weighted by Gasteiger charge is 2.11. The SMILES string of the molecule is C=Cc1ccc(C)c(C(=N)/C=C/c2ccc(F)cc2)c1CC.CCN.CNCCC#N. The second kappa shape index (κ2) is 16.7. The van der Waals surface area contributed by atoms with Crippen LogP contribution in [-0.4, -0.2) is 25.8 Å². The molecule has 2 rings (SSSR count). The number of hydrogen-bond acceptors (Lipinski definition) is 4. The largest absolute Gasteiger partial charge is 0.331 e. The molecule has 0 aromatic heterocycles. The minimum Gasteiger partial charge on any atom is -0.331 e. The summed E-state index contributed by atoms with van der Waals surface area (Å²) in [6.07, 6.45) is 6.89. The van der Waals surface area contributed by atoms with Gasteiger partial charge in [0.15, 0.2) is 0 Å². The van der Waals surface area contributed by atoms with E-state index >= 15 is 0 Å². The third-order valence-electron chi connectivity index (χ3n) is 4.20. The Morgan fingerprint density at radius 1 is 1.23 bits per heavy atom. The number of hydrogen-bond donors (Lipinski definition) is 3. The molecule has 0 amide bonds. The highest BCUT2D eigenvalue weighted by molar-refractivity contribution is 6.11. The molecule has 4 nitrogen and oxygen atoms in total. The van der Waals surface area contributed by atoms with Gasteiger partial charge < -0.3 is 16.5 Å². The Balaban J connectivity index is 0.000000848. The summed E-state index contributed by atoms with van der Waals surface area (Å²) in [4.78, 5) is 0. The van der Waals surface area contributed by atoms with Gasteiger partial charge in [-0.05, 0) is 67.4 Å². The fourth-order valence-electron chi connectivity index (χ4n) is 2.75. The van der Waals surface area contributed by atoms with Crippen LogP contribution in [-0.2, 0) is 6.42 Å². The van der Waals surface area contributed by atoms with Crippen LogP contribution in [0.5, 0.6) is 0 Å². The summed E-state index contributed by atoms with van der Waals surface area (Å²) >= 11 is 0. The molecule has 0 fully saturated rings. The van der Waals surface area contributed by atoms with Crippen molar-refractivity contribution >= 4 is 17.9 Å². The molecule has 0 radical (unpaired) electrons. The van der Waals surface area contributed by atoms with Gasteiger partial charge in [-0.25, -0.2) is 4.39 Å². The fraction of sp³-hybridized carbons (Fsp3) is 0.308. The molecule has 5 heteroatoms. The molecule has 0 aliphatic carbocycles. The molecule has 4 N–H and O–H groups in total. The van der Waals surface area contributed by atoms with Crippen LogP contribution in [0.25, 0.3) is 12.2 Å². The molecule has 2 aromatic rings. The number of nitrogens with one attached hydrogen (secondary N) is 2. The zero-order valence-corrected chi connectivity index (χ0v) is 19.1. The Morgan fingerprint density at radius 3 is 2.29 bits per heavy atom. The van der Waals surface area contributed by atoms with Crippen LogP contribution in [0, 0.1) is 29.5 Å². The van der Waals surface area contributed by atoms with Gasteiger partial charge in [-0.1, -0.05) is 56.8 Å². The van der Waals surface area contributed by atoms with Crippen molar-refractivity contribution in [2.24, 2.45) is 5.73 Å². The Bertz CT molecular complexity index is 878. The van der Waals surface area contributed by atoms with Gasteiger partial charge in [0.25, 0.3) is 0 Å². The first-order valence-electron chi connectivity index (χ1n) is 10.4. The Hall–Kier alpha value is -3.07. The maximum absolute atomic E-state index is 12.9. The van der Waals surface area contributed by atoms with Gasteiger partial charge in [0, 0.05) is 18.5 Å². The van der Waals surface area contributed by atoms with E-state index in [9.17, 15) is 4.39 Å². The van der Waals surface area contributed by atoms with Gasteiger partial charge in [-0.15, -0.1) is 0 Å². The van der Waals surface area contributed by atoms with E-state index in [1.807, 2.05) is 51.2 Å². The van der Waals surface area contributed by atoms with E-state index < -0.39 is 0 Å². The summed E-state index contributed by atoms with van der Waals surface area (Å²) in [6.45, 7) is 11.4. The van der Waals surface area contributed by atoms with E-state index in [1.165, 1.54) is 12.1 Å². The van der Waals surface area contributed by atoms with Crippen LogP contribution >= 0.6 is 0 Å². The van der Waals surface area contributed by atoms with E-state index in [4.69, 9.17) is 16.4 Å². The van der Waals surface area contributed by atoms with Gasteiger partial charge in [-0.3, -0.25) is 0 Å². The quantitative estimate of drug-likeness (QED) is 0.406. The molecule has 0 aliphatic heterocycles. The molecule has 166 valence electrons. The minimum absolute atomic E-state index is 0.255. The van der Waals surface area contributed by atoms with Crippen LogP contribution in [0.1, 0.15) is 48.1 Å². The lowest BCUT2D eigenvalue weighted by atomic mass is 9.91. The topological polar surface area (TPSA) is 85.7 Å². The van der Waals surface area contributed by atoms with Crippen LogP contribution in [0.4, 0.5) is 4.39 Å². The molecule has 0 atom stereocenters. The molecule has 0 saturated carbocycles. The van der Waals surface area contributed by atoms with E-state index in [-0.39, 0.29) is 5.82 Å². The number of nitriles is 1. The Kier molecular flexibility index (Phi) is 15.0. The van der Waals surface area contributed by atoms with Crippen molar-refractivity contribution in [1.29, 1.82) is 10.7 Å². The molecule has 0 heterocycles. The maximum atomic E-state index is 12.9. The molecule has 0 bridgehead atoms. The zero-order chi connectivity index (χ0) is 23.6. The van der Waals surface area contributed by atoms with Gasteiger partial charge in [0.1, 0.15) is 5.82 Å². The molecule has 0 unspecified atom stereocenters. The molecule has 0 saturated heterocycles. The third-order valence-corrected chi connectivity index (χ3v) is 4.20. The lowest BCUT2D eigenvalue weighted by Gasteiger charge is -2.13. The fourth-order valence-corrected chi connectivity index (χ4v) is 2.75. The van der Waals surface area contributed by atoms with Crippen molar-refractivity contribution in [3.8, 4) is 6.07 Å². The van der Waals surface area contributed by atoms with Crippen molar-refractivity contribution in [3.63, 3.8) is 0 Å². The first kappa shape index (κ1) is 27.9. The van der Waals surface area contributed by atoms with Crippen LogP contribution in [0.3, 0.4) is 0 Å². The van der Waals surface area contributed by atoms with Gasteiger partial charge >= 0.3 is 0 Å². The van der Waals surface area contributed by atoms with Crippen LogP contribution in [0.15, 0.2) is 49.1 Å². The summed E-state index contributed by atoms with van der Waals surface area (Å²) in [5.74, 6) is -0.255. The lowest BCUT2D eigenvalue weighted by Crippen LogP contribution is -2.05. The zero-order valence-electron chi connectivity index (χ0n) is 19.1. The van der Waals surface area contributed by atoms with E-state index in [1.54, 1.807) is 18.2 Å². The molecule has 2 aromatic carbocycles. The van der Waals surface area contributed by atoms with Gasteiger partial charge in [0.05, 0.1) is 11.8 Å². The van der Waals surface area contributed by atoms with Crippen molar-refractivity contribution in [2.45, 2.75) is 33.6 Å². The Morgan fingerprint density at radius 2 is 1.84 bits per heavy atom. The normalized spacial score (nSPS) is 9.71. The van der Waals surface area contributed by atoms with E-state index in [0.717, 1.165) is 47.3 Å². The number of halogens is 1. The maximum Gasteiger partial charge on any atom is 0.123 e. The van der Waals surface area contributed by atoms with Crippen molar-refractivity contribution in [2.75, 3.05) is 20.1 Å². The molecule has 31 heavy (non-hydrogen) atoms. The molecular formula is C26H35FN4. The third kappa shape index (κ3) is 10.5. The summed E-state index contributed by atoms with van der Waals surface area (Å²) < 4.78 is 12.9. The number of benzene rings is 2. The smallest absolute Gasteiger partial charge is 0.123 e. The number of aryl methyl sites for hydroxylation is 1. The average Bonchev–Trinajstić information content (AvgIpc) is 2.77. The standard InChI is InChI=1S/C20H20FN.C4H8N2.C2H7N/c1-4-16-10-6-14(3)20(18(16)5-2)19(22)13-9-15-7-11-17(21)12-8-15;1-6-4-2-3-5;1-2-3/h4,6-13,22H,1,5H2,2-3H3;6H,2,4H2,1H3;2-3H2,1H3/b13-9+,22-19?;;. The number of nitrogens with two attached hydrogens (primary N) is 1. The van der Waals surface area contributed by atoms with Crippen LogP contribution in [0.2, 0.25) is 0 Å². The van der Waals surface area contributed by atoms with Gasteiger partial charge in [-0.2, -0.15) is 5.26 Å². The number of nitrogens with zero attached hydrogens (tertiary/aromatic N) is 1. The van der Waals surface area contributed by atoms with Crippen molar-refractivity contribution in [1.82, 2.24) is 5.32 Å².